The van der Waals surface area contributed by atoms with E-state index < -0.39 is 32.7 Å². The number of hydrogen-bond acceptors (Lipinski definition) is 6. The molecule has 0 fully saturated rings. The van der Waals surface area contributed by atoms with E-state index >= 15 is 0 Å². The monoisotopic (exact) mass is 264 g/mol. The molecular weight excluding hydrogens is 261 g/mol. The van der Waals surface area contributed by atoms with Gasteiger partial charge in [0.05, 0.1) is 9.85 Å². The Balaban J connectivity index is 0.00000256. The van der Waals surface area contributed by atoms with Gasteiger partial charge in [-0.05, 0) is 16.7 Å². The molecule has 1 aromatic carbocycles. The second-order valence-corrected chi connectivity index (χ2v) is 2.50. The van der Waals surface area contributed by atoms with Gasteiger partial charge in [0.2, 0.25) is 0 Å². The molecule has 1 aromatic rings. The third kappa shape index (κ3) is 3.36. The van der Waals surface area contributed by atoms with Crippen LogP contribution in [-0.2, 0) is 0 Å². The Bertz CT molecular complexity index is 526. The Kier molecular flexibility index (Phi) is 6.02. The zero-order chi connectivity index (χ0) is 12.3. The molecule has 0 aliphatic rings. The van der Waals surface area contributed by atoms with Crippen LogP contribution < -0.4 is 51.4 Å². The predicted molar refractivity (Wildman–Crippen MR) is 50.2 cm³/mol. The Morgan fingerprint density at radius 2 is 1.88 bits per heavy atom. The molecule has 1 rings (SSSR count). The predicted octanol–water partition coefficient (Wildman–Crippen LogP) is -0.846. The van der Waals surface area contributed by atoms with Crippen molar-refractivity contribution >= 4 is 17.1 Å². The number of rotatable bonds is 3. The first kappa shape index (κ1) is 15.8. The van der Waals surface area contributed by atoms with Crippen LogP contribution in [0.5, 0.6) is 5.75 Å². The zero-order valence-corrected chi connectivity index (χ0v) is 11.6. The Morgan fingerprint density at radius 1 is 1.29 bits per heavy atom. The second-order valence-electron chi connectivity index (χ2n) is 2.50. The van der Waals surface area contributed by atoms with Gasteiger partial charge in [0.1, 0.15) is 5.75 Å². The first-order valence-electron chi connectivity index (χ1n) is 3.69. The van der Waals surface area contributed by atoms with Crippen LogP contribution in [-0.4, -0.2) is 15.0 Å². The van der Waals surface area contributed by atoms with Crippen molar-refractivity contribution in [1.82, 2.24) is 0 Å². The van der Waals surface area contributed by atoms with E-state index in [1.165, 1.54) is 0 Å². The van der Waals surface area contributed by atoms with E-state index in [4.69, 9.17) is 5.53 Å². The average Bonchev–Trinajstić information content (AvgIpc) is 2.20. The Morgan fingerprint density at radius 3 is 2.29 bits per heavy atom. The van der Waals surface area contributed by atoms with Gasteiger partial charge in [-0.2, -0.15) is 0 Å². The summed E-state index contributed by atoms with van der Waals surface area (Å²) in [5.41, 5.74) is 5.46. The summed E-state index contributed by atoms with van der Waals surface area (Å²) in [5, 5.41) is 33.1. The first-order valence-corrected chi connectivity index (χ1v) is 3.69. The van der Waals surface area contributed by atoms with Gasteiger partial charge in [-0.3, -0.25) is 20.2 Å². The summed E-state index contributed by atoms with van der Waals surface area (Å²) in [6.07, 6.45) is 0. The summed E-state index contributed by atoms with van der Waals surface area (Å²) in [7, 11) is 0. The smallest absolute Gasteiger partial charge is 0.507 e. The number of phenolic OH excluding ortho intramolecular Hbond substituents is 1. The van der Waals surface area contributed by atoms with E-state index in [2.05, 4.69) is 10.0 Å². The van der Waals surface area contributed by atoms with Gasteiger partial charge in [-0.25, -0.2) is 0 Å². The van der Waals surface area contributed by atoms with Crippen LogP contribution >= 0.6 is 0 Å². The van der Waals surface area contributed by atoms with Gasteiger partial charge in [0.15, 0.2) is 5.69 Å². The molecule has 11 heteroatoms. The molecule has 0 aromatic heterocycles. The Hall–Kier alpha value is -1.23. The van der Waals surface area contributed by atoms with Crippen molar-refractivity contribution in [1.29, 1.82) is 0 Å². The topological polar surface area (TPSA) is 155 Å². The van der Waals surface area contributed by atoms with Gasteiger partial charge in [0, 0.05) is 11.0 Å². The fourth-order valence-electron chi connectivity index (χ4n) is 1.03. The second kappa shape index (κ2) is 6.49. The largest absolute Gasteiger partial charge is 1.00 e. The van der Waals surface area contributed by atoms with Gasteiger partial charge in [-0.1, -0.05) is 0 Å². The number of phenols is 1. The number of nitrogens with zero attached hydrogens (tertiary/aromatic N) is 5. The molecule has 0 aliphatic carbocycles. The molecule has 0 amide bonds. The van der Waals surface area contributed by atoms with Crippen molar-refractivity contribution < 1.29 is 66.3 Å². The third-order valence-corrected chi connectivity index (χ3v) is 1.63. The van der Waals surface area contributed by atoms with E-state index in [-0.39, 0.29) is 51.4 Å². The number of nitro groups is 2. The van der Waals surface area contributed by atoms with E-state index in [0.29, 0.717) is 0 Å². The molecule has 0 saturated carbocycles. The SMILES string of the molecule is [K+].[N-]=[N+]=Nc1c(O)ccc([N+](=O)[O-])c1[N+](=O)[O-]. The normalized spacial score (nSPS) is 8.71. The van der Waals surface area contributed by atoms with Crippen LogP contribution in [0.25, 0.3) is 10.4 Å². The molecule has 1 N–H and O–H groups in total. The maximum absolute atomic E-state index is 10.6. The van der Waals surface area contributed by atoms with Crippen molar-refractivity contribution in [2.75, 3.05) is 0 Å². The molecule has 0 spiro atoms. The molecule has 17 heavy (non-hydrogen) atoms. The number of aromatic hydroxyl groups is 1. The molecule has 0 saturated heterocycles. The van der Waals surface area contributed by atoms with Crippen molar-refractivity contribution in [3.8, 4) is 5.75 Å². The third-order valence-electron chi connectivity index (χ3n) is 1.63. The van der Waals surface area contributed by atoms with Gasteiger partial charge >= 0.3 is 62.8 Å². The van der Waals surface area contributed by atoms with E-state index in [1.54, 1.807) is 0 Å². The first-order chi connectivity index (χ1) is 7.49. The molecule has 0 radical (unpaired) electrons. The summed E-state index contributed by atoms with van der Waals surface area (Å²) in [6, 6.07) is 1.60. The van der Waals surface area contributed by atoms with Crippen LogP contribution in [0.4, 0.5) is 17.1 Å². The molecule has 0 heterocycles. The minimum atomic E-state index is -1.10. The van der Waals surface area contributed by atoms with Crippen LogP contribution in [0.15, 0.2) is 17.2 Å². The van der Waals surface area contributed by atoms with E-state index in [9.17, 15) is 25.3 Å². The summed E-state index contributed by atoms with van der Waals surface area (Å²) in [6.45, 7) is 0. The Labute approximate surface area is 136 Å². The summed E-state index contributed by atoms with van der Waals surface area (Å²) in [4.78, 5) is 21.2. The van der Waals surface area contributed by atoms with Gasteiger partial charge in [0.25, 0.3) is 0 Å². The molecule has 0 atom stereocenters. The fraction of sp³-hybridized carbons (Fsp3) is 0. The number of nitro benzene ring substituents is 2. The van der Waals surface area contributed by atoms with Gasteiger partial charge < -0.3 is 5.11 Å². The molecule has 0 bridgehead atoms. The maximum atomic E-state index is 10.6. The summed E-state index contributed by atoms with van der Waals surface area (Å²) in [5.74, 6) is -0.699. The van der Waals surface area contributed by atoms with Gasteiger partial charge in [-0.15, -0.1) is 0 Å². The van der Waals surface area contributed by atoms with E-state index in [1.807, 2.05) is 0 Å². The average molecular weight is 264 g/mol. The van der Waals surface area contributed by atoms with Crippen molar-refractivity contribution in [2.24, 2.45) is 5.11 Å². The van der Waals surface area contributed by atoms with E-state index in [0.717, 1.165) is 12.1 Å². The minimum absolute atomic E-state index is 0. The quantitative estimate of drug-likeness (QED) is 0.188. The van der Waals surface area contributed by atoms with Crippen LogP contribution in [0.3, 0.4) is 0 Å². The molecule has 0 aliphatic heterocycles. The fourth-order valence-corrected chi connectivity index (χ4v) is 1.03. The van der Waals surface area contributed by atoms with Crippen LogP contribution in [0.2, 0.25) is 0 Å². The van der Waals surface area contributed by atoms with Crippen molar-refractivity contribution in [2.45, 2.75) is 0 Å². The summed E-state index contributed by atoms with van der Waals surface area (Å²) >= 11 is 0. The molecule has 82 valence electrons. The van der Waals surface area contributed by atoms with Crippen molar-refractivity contribution in [3.05, 3.63) is 42.8 Å². The molecule has 0 unspecified atom stereocenters. The molecular formula is C6H3KN5O5+. The minimum Gasteiger partial charge on any atom is -0.507 e. The molecule has 10 nitrogen and oxygen atoms in total. The van der Waals surface area contributed by atoms with Crippen molar-refractivity contribution in [3.63, 3.8) is 0 Å². The summed E-state index contributed by atoms with van der Waals surface area (Å²) < 4.78 is 0. The van der Waals surface area contributed by atoms with Crippen LogP contribution in [0.1, 0.15) is 0 Å². The number of azide groups is 1. The number of hydrogen-bond donors (Lipinski definition) is 1. The standard InChI is InChI=1S/C6H3N5O5.K/c7-9-8-5-4(12)2-1-3(10(13)14)6(5)11(15)16;/h1-2,12H;/q;+1. The number of benzene rings is 1. The van der Waals surface area contributed by atoms with Crippen LogP contribution in [0, 0.1) is 20.2 Å². The zero-order valence-electron chi connectivity index (χ0n) is 8.47. The maximum Gasteiger partial charge on any atom is 1.00 e.